The van der Waals surface area contributed by atoms with Crippen LogP contribution in [-0.4, -0.2) is 45.4 Å². The number of benzene rings is 2. The number of rotatable bonds is 5. The van der Waals surface area contributed by atoms with Gasteiger partial charge in [0.15, 0.2) is 11.5 Å². The molecule has 0 radical (unpaired) electrons. The summed E-state index contributed by atoms with van der Waals surface area (Å²) >= 11 is 0. The second-order valence-electron chi connectivity index (χ2n) is 7.28. The monoisotopic (exact) mass is 416 g/mol. The second kappa shape index (κ2) is 8.04. The van der Waals surface area contributed by atoms with Crippen LogP contribution in [0, 0.1) is 0 Å². The summed E-state index contributed by atoms with van der Waals surface area (Å²) in [6.07, 6.45) is 2.84. The molecule has 1 N–H and O–H groups in total. The largest absolute Gasteiger partial charge is 0.486 e. The number of hydrogen-bond acceptors (Lipinski definition) is 5. The zero-order valence-corrected chi connectivity index (χ0v) is 17.1. The van der Waals surface area contributed by atoms with Gasteiger partial charge in [0.05, 0.1) is 17.5 Å². The Morgan fingerprint density at radius 1 is 1.14 bits per heavy atom. The van der Waals surface area contributed by atoms with Crippen molar-refractivity contribution in [1.29, 1.82) is 0 Å². The lowest BCUT2D eigenvalue weighted by Crippen LogP contribution is -2.40. The quantitative estimate of drug-likeness (QED) is 0.808. The number of nitrogens with one attached hydrogen (secondary N) is 1. The fourth-order valence-corrected chi connectivity index (χ4v) is 4.94. The molecule has 0 saturated carbocycles. The molecule has 1 atom stereocenters. The second-order valence-corrected chi connectivity index (χ2v) is 9.32. The lowest BCUT2D eigenvalue weighted by atomic mass is 9.88. The molecule has 1 amide bonds. The smallest absolute Gasteiger partial charge is 0.243 e. The van der Waals surface area contributed by atoms with Crippen molar-refractivity contribution in [3.63, 3.8) is 0 Å². The first-order valence-corrected chi connectivity index (χ1v) is 11.1. The molecule has 0 fully saturated rings. The van der Waals surface area contributed by atoms with Crippen molar-refractivity contribution in [2.24, 2.45) is 0 Å². The highest BCUT2D eigenvalue weighted by molar-refractivity contribution is 7.89. The van der Waals surface area contributed by atoms with E-state index in [1.165, 1.54) is 24.7 Å². The van der Waals surface area contributed by atoms with Crippen molar-refractivity contribution in [2.75, 3.05) is 26.8 Å². The number of sulfonamides is 1. The Labute approximate surface area is 170 Å². The van der Waals surface area contributed by atoms with Crippen molar-refractivity contribution in [1.82, 2.24) is 9.62 Å². The van der Waals surface area contributed by atoms with E-state index >= 15 is 0 Å². The number of ether oxygens (including phenoxy) is 2. The van der Waals surface area contributed by atoms with E-state index in [4.69, 9.17) is 9.47 Å². The van der Waals surface area contributed by atoms with E-state index in [-0.39, 0.29) is 23.4 Å². The van der Waals surface area contributed by atoms with Gasteiger partial charge in [0.25, 0.3) is 0 Å². The molecule has 0 aromatic heterocycles. The summed E-state index contributed by atoms with van der Waals surface area (Å²) in [5.41, 5.74) is 2.35. The van der Waals surface area contributed by atoms with Crippen molar-refractivity contribution in [3.05, 3.63) is 53.6 Å². The van der Waals surface area contributed by atoms with Gasteiger partial charge in [0, 0.05) is 13.1 Å². The average Bonchev–Trinajstić information content (AvgIpc) is 2.73. The Morgan fingerprint density at radius 2 is 1.90 bits per heavy atom. The highest BCUT2D eigenvalue weighted by Crippen LogP contribution is 2.33. The maximum absolute atomic E-state index is 12.9. The highest BCUT2D eigenvalue weighted by atomic mass is 32.2. The first kappa shape index (κ1) is 19.7. The Balaban J connectivity index is 1.45. The molecule has 29 heavy (non-hydrogen) atoms. The summed E-state index contributed by atoms with van der Waals surface area (Å²) in [6, 6.07) is 12.5. The van der Waals surface area contributed by atoms with Crippen LogP contribution < -0.4 is 14.8 Å². The summed E-state index contributed by atoms with van der Waals surface area (Å²) in [4.78, 5) is 12.6. The number of hydrogen-bond donors (Lipinski definition) is 1. The van der Waals surface area contributed by atoms with Gasteiger partial charge in [-0.25, -0.2) is 8.42 Å². The molecule has 0 saturated heterocycles. The third-order valence-electron chi connectivity index (χ3n) is 5.29. The van der Waals surface area contributed by atoms with E-state index in [9.17, 15) is 13.2 Å². The number of carbonyl (C=O) groups excluding carboxylic acids is 1. The molecule has 4 rings (SSSR count). The average molecular weight is 416 g/mol. The minimum Gasteiger partial charge on any atom is -0.486 e. The Hall–Kier alpha value is -2.58. The molecule has 0 bridgehead atoms. The third kappa shape index (κ3) is 4.09. The first-order chi connectivity index (χ1) is 13.9. The fourth-order valence-electron chi connectivity index (χ4n) is 3.80. The van der Waals surface area contributed by atoms with Gasteiger partial charge in [0.1, 0.15) is 13.2 Å². The lowest BCUT2D eigenvalue weighted by molar-refractivity contribution is -0.122. The van der Waals surface area contributed by atoms with Crippen LogP contribution >= 0.6 is 0 Å². The Morgan fingerprint density at radius 3 is 2.72 bits per heavy atom. The molecule has 0 spiro atoms. The molecule has 7 nitrogen and oxygen atoms in total. The molecule has 2 aromatic carbocycles. The summed E-state index contributed by atoms with van der Waals surface area (Å²) in [5, 5.41) is 2.99. The van der Waals surface area contributed by atoms with Crippen molar-refractivity contribution >= 4 is 15.9 Å². The van der Waals surface area contributed by atoms with E-state index in [2.05, 4.69) is 11.4 Å². The number of aryl methyl sites for hydroxylation is 1. The van der Waals surface area contributed by atoms with Gasteiger partial charge < -0.3 is 14.8 Å². The van der Waals surface area contributed by atoms with Crippen LogP contribution in [0.25, 0.3) is 0 Å². The van der Waals surface area contributed by atoms with Crippen LogP contribution in [0.15, 0.2) is 47.4 Å². The maximum atomic E-state index is 12.9. The van der Waals surface area contributed by atoms with Crippen LogP contribution in [0.3, 0.4) is 0 Å². The summed E-state index contributed by atoms with van der Waals surface area (Å²) in [5.74, 6) is 0.593. The molecule has 1 aliphatic heterocycles. The number of amides is 1. The van der Waals surface area contributed by atoms with Gasteiger partial charge in [-0.2, -0.15) is 4.31 Å². The van der Waals surface area contributed by atoms with Crippen LogP contribution in [0.2, 0.25) is 0 Å². The molecule has 2 aromatic rings. The van der Waals surface area contributed by atoms with E-state index < -0.39 is 10.0 Å². The van der Waals surface area contributed by atoms with Crippen LogP contribution in [0.5, 0.6) is 11.5 Å². The van der Waals surface area contributed by atoms with Crippen LogP contribution in [0.4, 0.5) is 0 Å². The summed E-state index contributed by atoms with van der Waals surface area (Å²) in [6.45, 7) is 0.552. The molecule has 2 aliphatic rings. The van der Waals surface area contributed by atoms with E-state index in [0.717, 1.165) is 29.1 Å². The number of nitrogens with zero attached hydrogens (tertiary/aromatic N) is 1. The normalized spacial score (nSPS) is 18.2. The summed E-state index contributed by atoms with van der Waals surface area (Å²) < 4.78 is 37.7. The van der Waals surface area contributed by atoms with Gasteiger partial charge in [-0.05, 0) is 42.5 Å². The SMILES string of the molecule is CN(CC(=O)NC1CCCc2ccccc21)S(=O)(=O)c1ccc2c(c1)OCCO2. The van der Waals surface area contributed by atoms with Crippen molar-refractivity contribution in [3.8, 4) is 11.5 Å². The van der Waals surface area contributed by atoms with Gasteiger partial charge in [-0.1, -0.05) is 24.3 Å². The maximum Gasteiger partial charge on any atom is 0.243 e. The minimum atomic E-state index is -3.83. The zero-order chi connectivity index (χ0) is 20.4. The van der Waals surface area contributed by atoms with E-state index in [0.29, 0.717) is 24.7 Å². The molecule has 1 unspecified atom stereocenters. The minimum absolute atomic E-state index is 0.0695. The standard InChI is InChI=1S/C21H24N2O5S/c1-23(29(25,26)16-9-10-19-20(13-16)28-12-11-27-19)14-21(24)22-18-8-4-6-15-5-2-3-7-17(15)18/h2-3,5,7,9-10,13,18H,4,6,8,11-12,14H2,1H3,(H,22,24). The molecule has 1 heterocycles. The first-order valence-electron chi connectivity index (χ1n) is 9.68. The molecular formula is C21H24N2O5S. The van der Waals surface area contributed by atoms with Crippen molar-refractivity contribution in [2.45, 2.75) is 30.2 Å². The number of fused-ring (bicyclic) bond motifs is 2. The predicted octanol–water partition coefficient (Wildman–Crippen LogP) is 2.27. The predicted molar refractivity (Wildman–Crippen MR) is 108 cm³/mol. The van der Waals surface area contributed by atoms with Gasteiger partial charge >= 0.3 is 0 Å². The van der Waals surface area contributed by atoms with Crippen LogP contribution in [-0.2, 0) is 21.2 Å². The van der Waals surface area contributed by atoms with Gasteiger partial charge in [0.2, 0.25) is 15.9 Å². The molecule has 8 heteroatoms. The molecule has 1 aliphatic carbocycles. The number of likely N-dealkylation sites (N-methyl/N-ethyl adjacent to an activating group) is 1. The fraction of sp³-hybridized carbons (Fsp3) is 0.381. The lowest BCUT2D eigenvalue weighted by Gasteiger charge is -2.27. The van der Waals surface area contributed by atoms with Crippen molar-refractivity contribution < 1.29 is 22.7 Å². The molecular weight excluding hydrogens is 392 g/mol. The van der Waals surface area contributed by atoms with Gasteiger partial charge in [-0.3, -0.25) is 4.79 Å². The molecule has 154 valence electrons. The number of carbonyl (C=O) groups is 1. The Kier molecular flexibility index (Phi) is 5.47. The van der Waals surface area contributed by atoms with Gasteiger partial charge in [-0.15, -0.1) is 0 Å². The highest BCUT2D eigenvalue weighted by Gasteiger charge is 2.27. The van der Waals surface area contributed by atoms with E-state index in [1.54, 1.807) is 6.07 Å². The zero-order valence-electron chi connectivity index (χ0n) is 16.3. The topological polar surface area (TPSA) is 84.9 Å². The van der Waals surface area contributed by atoms with Crippen LogP contribution in [0.1, 0.15) is 30.0 Å². The Bertz CT molecular complexity index is 1020. The summed E-state index contributed by atoms with van der Waals surface area (Å²) in [7, 11) is -2.43. The van der Waals surface area contributed by atoms with E-state index in [1.807, 2.05) is 18.2 Å². The third-order valence-corrected chi connectivity index (χ3v) is 7.09.